The number of imide groups is 1. The van der Waals surface area contributed by atoms with Crippen molar-refractivity contribution in [1.29, 1.82) is 0 Å². The first kappa shape index (κ1) is 20.2. The minimum atomic E-state index is -4.81. The van der Waals surface area contributed by atoms with E-state index in [1.54, 1.807) is 11.8 Å². The van der Waals surface area contributed by atoms with Gasteiger partial charge in [0.05, 0.1) is 15.5 Å². The fourth-order valence-corrected chi connectivity index (χ4v) is 3.98. The van der Waals surface area contributed by atoms with Gasteiger partial charge in [-0.05, 0) is 31.7 Å². The SMILES string of the molecule is CC1(C2CCN(c3cc(Cl)c(C(F)(F)F)cc3[N+](=O)[O-])CC2)NC(=O)NC1=O. The number of carbonyl (C=O) groups is 2. The molecule has 1 unspecified atom stereocenters. The average Bonchev–Trinajstić information content (AvgIpc) is 2.86. The number of urea groups is 1. The number of nitro groups is 1. The number of hydrogen-bond donors (Lipinski definition) is 2. The number of amides is 3. The molecule has 0 bridgehead atoms. The molecule has 3 rings (SSSR count). The van der Waals surface area contributed by atoms with Crippen LogP contribution in [0.4, 0.5) is 29.3 Å². The average molecular weight is 421 g/mol. The Balaban J connectivity index is 1.84. The van der Waals surface area contributed by atoms with Gasteiger partial charge in [0.2, 0.25) is 0 Å². The number of carbonyl (C=O) groups excluding carboxylic acids is 2. The van der Waals surface area contributed by atoms with Crippen LogP contribution in [0.1, 0.15) is 25.3 Å². The standard InChI is InChI=1S/C16H16ClF3N4O4/c1-15(13(25)21-14(26)22-15)8-2-4-23(5-3-8)11-7-10(17)9(16(18,19)20)6-12(11)24(27)28/h6-8H,2-5H2,1H3,(H2,21,22,25,26). The smallest absolute Gasteiger partial charge is 0.366 e. The number of rotatable bonds is 3. The van der Waals surface area contributed by atoms with Gasteiger partial charge in [0.25, 0.3) is 11.6 Å². The van der Waals surface area contributed by atoms with Crippen molar-refractivity contribution in [3.63, 3.8) is 0 Å². The first-order valence-corrected chi connectivity index (χ1v) is 8.75. The summed E-state index contributed by atoms with van der Waals surface area (Å²) in [6.45, 7) is 2.11. The molecule has 0 spiro atoms. The lowest BCUT2D eigenvalue weighted by Gasteiger charge is -2.39. The van der Waals surface area contributed by atoms with Gasteiger partial charge in [-0.3, -0.25) is 20.2 Å². The largest absolute Gasteiger partial charge is 0.418 e. The maximum atomic E-state index is 13.0. The Bertz CT molecular complexity index is 855. The number of nitrogens with zero attached hydrogens (tertiary/aromatic N) is 2. The Morgan fingerprint density at radius 3 is 2.36 bits per heavy atom. The summed E-state index contributed by atoms with van der Waals surface area (Å²) >= 11 is 5.73. The zero-order valence-electron chi connectivity index (χ0n) is 14.6. The minimum Gasteiger partial charge on any atom is -0.366 e. The lowest BCUT2D eigenvalue weighted by atomic mass is 9.79. The van der Waals surface area contributed by atoms with Crippen molar-refractivity contribution in [2.45, 2.75) is 31.5 Å². The predicted octanol–water partition coefficient (Wildman–Crippen LogP) is 3.08. The second kappa shape index (κ2) is 6.80. The van der Waals surface area contributed by atoms with Gasteiger partial charge in [0.1, 0.15) is 11.2 Å². The molecule has 2 aliphatic rings. The Morgan fingerprint density at radius 1 is 1.29 bits per heavy atom. The van der Waals surface area contributed by atoms with E-state index in [9.17, 15) is 32.9 Å². The molecule has 1 aromatic carbocycles. The molecule has 0 radical (unpaired) electrons. The fourth-order valence-electron chi connectivity index (χ4n) is 3.71. The van der Waals surface area contributed by atoms with Gasteiger partial charge < -0.3 is 10.2 Å². The molecule has 2 fully saturated rings. The summed E-state index contributed by atoms with van der Waals surface area (Å²) in [6, 6.07) is 0.810. The molecule has 0 saturated carbocycles. The number of piperidine rings is 1. The Morgan fingerprint density at radius 2 is 1.89 bits per heavy atom. The van der Waals surface area contributed by atoms with Gasteiger partial charge in [0.15, 0.2) is 0 Å². The number of hydrogen-bond acceptors (Lipinski definition) is 5. The van der Waals surface area contributed by atoms with E-state index in [-0.39, 0.29) is 24.7 Å². The molecule has 0 aliphatic carbocycles. The molecular formula is C16H16ClF3N4O4. The molecule has 2 N–H and O–H groups in total. The predicted molar refractivity (Wildman–Crippen MR) is 93.1 cm³/mol. The van der Waals surface area contributed by atoms with Gasteiger partial charge in [-0.2, -0.15) is 13.2 Å². The van der Waals surface area contributed by atoms with Gasteiger partial charge >= 0.3 is 12.2 Å². The first-order valence-electron chi connectivity index (χ1n) is 8.37. The first-order chi connectivity index (χ1) is 12.9. The lowest BCUT2D eigenvalue weighted by molar-refractivity contribution is -0.384. The quantitative estimate of drug-likeness (QED) is 0.444. The second-order valence-electron chi connectivity index (χ2n) is 6.95. The summed E-state index contributed by atoms with van der Waals surface area (Å²) in [5.41, 5.74) is -3.05. The lowest BCUT2D eigenvalue weighted by Crippen LogP contribution is -2.53. The topological polar surface area (TPSA) is 105 Å². The molecule has 1 atom stereocenters. The normalized spacial score (nSPS) is 23.5. The van der Waals surface area contributed by atoms with E-state index in [2.05, 4.69) is 10.6 Å². The molecule has 3 amide bonds. The summed E-state index contributed by atoms with van der Waals surface area (Å²) < 4.78 is 39.0. The highest BCUT2D eigenvalue weighted by atomic mass is 35.5. The molecule has 1 aromatic rings. The van der Waals surface area contributed by atoms with E-state index in [1.807, 2.05) is 0 Å². The minimum absolute atomic E-state index is 0.00786. The molecule has 12 heteroatoms. The van der Waals surface area contributed by atoms with Crippen LogP contribution in [-0.2, 0) is 11.0 Å². The Labute approximate surface area is 162 Å². The number of alkyl halides is 3. The highest BCUT2D eigenvalue weighted by Crippen LogP contribution is 2.43. The third kappa shape index (κ3) is 3.46. The van der Waals surface area contributed by atoms with Crippen LogP contribution in [0.15, 0.2) is 12.1 Å². The molecule has 28 heavy (non-hydrogen) atoms. The molecule has 0 aromatic heterocycles. The van der Waals surface area contributed by atoms with Crippen molar-refractivity contribution in [3.8, 4) is 0 Å². The van der Waals surface area contributed by atoms with Crippen molar-refractivity contribution in [2.75, 3.05) is 18.0 Å². The van der Waals surface area contributed by atoms with Crippen molar-refractivity contribution >= 4 is 34.9 Å². The van der Waals surface area contributed by atoms with Crippen LogP contribution in [0.5, 0.6) is 0 Å². The summed E-state index contributed by atoms with van der Waals surface area (Å²) in [4.78, 5) is 35.5. The van der Waals surface area contributed by atoms with Crippen LogP contribution in [-0.4, -0.2) is 35.5 Å². The number of anilines is 1. The van der Waals surface area contributed by atoms with Crippen LogP contribution >= 0.6 is 11.6 Å². The van der Waals surface area contributed by atoms with E-state index in [0.29, 0.717) is 18.9 Å². The zero-order valence-corrected chi connectivity index (χ0v) is 15.4. The van der Waals surface area contributed by atoms with E-state index in [4.69, 9.17) is 11.6 Å². The van der Waals surface area contributed by atoms with Gasteiger partial charge in [-0.1, -0.05) is 11.6 Å². The van der Waals surface area contributed by atoms with Gasteiger partial charge in [0, 0.05) is 19.2 Å². The van der Waals surface area contributed by atoms with Crippen molar-refractivity contribution in [1.82, 2.24) is 10.6 Å². The van der Waals surface area contributed by atoms with Crippen LogP contribution in [0.25, 0.3) is 0 Å². The van der Waals surface area contributed by atoms with Crippen molar-refractivity contribution < 1.29 is 27.7 Å². The Kier molecular flexibility index (Phi) is 4.90. The highest BCUT2D eigenvalue weighted by molar-refractivity contribution is 6.31. The van der Waals surface area contributed by atoms with Crippen LogP contribution in [0.3, 0.4) is 0 Å². The number of benzene rings is 1. The number of nitro benzene ring substituents is 1. The fraction of sp³-hybridized carbons (Fsp3) is 0.500. The third-order valence-corrected chi connectivity index (χ3v) is 5.60. The van der Waals surface area contributed by atoms with Crippen LogP contribution in [0.2, 0.25) is 5.02 Å². The van der Waals surface area contributed by atoms with Crippen molar-refractivity contribution in [3.05, 3.63) is 32.8 Å². The summed E-state index contributed by atoms with van der Waals surface area (Å²) in [6.07, 6.45) is -4.00. The molecule has 2 heterocycles. The van der Waals surface area contributed by atoms with Crippen molar-refractivity contribution in [2.24, 2.45) is 5.92 Å². The van der Waals surface area contributed by atoms with Gasteiger partial charge in [-0.25, -0.2) is 4.79 Å². The summed E-state index contributed by atoms with van der Waals surface area (Å²) in [7, 11) is 0. The Hall–Kier alpha value is -2.56. The van der Waals surface area contributed by atoms with Crippen LogP contribution in [0, 0.1) is 16.0 Å². The summed E-state index contributed by atoms with van der Waals surface area (Å²) in [5.74, 6) is -0.668. The zero-order chi connectivity index (χ0) is 20.9. The third-order valence-electron chi connectivity index (χ3n) is 5.29. The molecular weight excluding hydrogens is 405 g/mol. The van der Waals surface area contributed by atoms with E-state index < -0.39 is 44.9 Å². The van der Waals surface area contributed by atoms with E-state index in [0.717, 1.165) is 6.07 Å². The number of nitrogens with one attached hydrogen (secondary N) is 2. The van der Waals surface area contributed by atoms with E-state index in [1.165, 1.54) is 0 Å². The maximum Gasteiger partial charge on any atom is 0.418 e. The second-order valence-corrected chi connectivity index (χ2v) is 7.35. The summed E-state index contributed by atoms with van der Waals surface area (Å²) in [5, 5.41) is 15.5. The number of halogens is 4. The molecule has 2 aliphatic heterocycles. The molecule has 2 saturated heterocycles. The highest BCUT2D eigenvalue weighted by Gasteiger charge is 2.49. The molecule has 152 valence electrons. The maximum absolute atomic E-state index is 13.0. The molecule has 8 nitrogen and oxygen atoms in total. The van der Waals surface area contributed by atoms with Crippen LogP contribution < -0.4 is 15.5 Å². The monoisotopic (exact) mass is 420 g/mol. The van der Waals surface area contributed by atoms with E-state index >= 15 is 0 Å². The van der Waals surface area contributed by atoms with Gasteiger partial charge in [-0.15, -0.1) is 0 Å².